The molecule has 1 fully saturated rings. The molecule has 2 heterocycles. The molecule has 0 radical (unpaired) electrons. The summed E-state index contributed by atoms with van der Waals surface area (Å²) < 4.78 is 26.0. The highest BCUT2D eigenvalue weighted by Crippen LogP contribution is 2.35. The molecular formula is C14H21F2N3O2. The van der Waals surface area contributed by atoms with Crippen LogP contribution in [0, 0.1) is 12.3 Å². The molecule has 0 spiro atoms. The molecule has 1 unspecified atom stereocenters. The fourth-order valence-electron chi connectivity index (χ4n) is 3.00. The Bertz CT molecular complexity index is 518. The lowest BCUT2D eigenvalue weighted by Crippen LogP contribution is -2.34. The number of carbonyl (C=O) groups excluding carboxylic acids is 1. The molecular weight excluding hydrogens is 280 g/mol. The van der Waals surface area contributed by atoms with Crippen molar-refractivity contribution >= 4 is 5.91 Å². The maximum Gasteiger partial charge on any atom is 0.333 e. The number of aliphatic hydroxyl groups is 1. The Morgan fingerprint density at radius 2 is 2.29 bits per heavy atom. The van der Waals surface area contributed by atoms with Gasteiger partial charge in [0.1, 0.15) is 0 Å². The number of amides is 1. The highest BCUT2D eigenvalue weighted by molar-refractivity contribution is 5.92. The molecule has 1 aliphatic rings. The van der Waals surface area contributed by atoms with Crippen molar-refractivity contribution in [1.29, 1.82) is 0 Å². The Kier molecular flexibility index (Phi) is 4.61. The van der Waals surface area contributed by atoms with Crippen molar-refractivity contribution in [3.63, 3.8) is 0 Å². The number of nitrogens with zero attached hydrogens (tertiary/aromatic N) is 3. The van der Waals surface area contributed by atoms with Crippen LogP contribution >= 0.6 is 0 Å². The van der Waals surface area contributed by atoms with Crippen molar-refractivity contribution < 1.29 is 18.7 Å². The van der Waals surface area contributed by atoms with Crippen molar-refractivity contribution in [2.45, 2.75) is 39.7 Å². The second-order valence-electron chi connectivity index (χ2n) is 5.78. The molecule has 5 nitrogen and oxygen atoms in total. The lowest BCUT2D eigenvalue weighted by Gasteiger charge is -2.26. The third-order valence-corrected chi connectivity index (χ3v) is 4.17. The zero-order chi connectivity index (χ0) is 15.6. The SMILES string of the molecule is CCCC1(CO)CCN(C(=O)c2cc(C)n(C(F)F)n2)C1. The van der Waals surface area contributed by atoms with Gasteiger partial charge in [-0.1, -0.05) is 13.3 Å². The van der Waals surface area contributed by atoms with E-state index in [4.69, 9.17) is 0 Å². The Labute approximate surface area is 122 Å². The summed E-state index contributed by atoms with van der Waals surface area (Å²) in [6.07, 6.45) is 2.51. The summed E-state index contributed by atoms with van der Waals surface area (Å²) in [5.41, 5.74) is 0.0395. The lowest BCUT2D eigenvalue weighted by atomic mass is 9.83. The number of aryl methyl sites for hydroxylation is 1. The third kappa shape index (κ3) is 3.07. The van der Waals surface area contributed by atoms with E-state index in [0.29, 0.717) is 17.8 Å². The normalized spacial score (nSPS) is 22.3. The van der Waals surface area contributed by atoms with Gasteiger partial charge in [0, 0.05) is 24.2 Å². The van der Waals surface area contributed by atoms with Crippen LogP contribution in [-0.4, -0.2) is 45.4 Å². The van der Waals surface area contributed by atoms with Gasteiger partial charge in [-0.15, -0.1) is 0 Å². The van der Waals surface area contributed by atoms with Crippen molar-refractivity contribution in [2.75, 3.05) is 19.7 Å². The first kappa shape index (κ1) is 15.9. The summed E-state index contributed by atoms with van der Waals surface area (Å²) in [5, 5.41) is 13.3. The monoisotopic (exact) mass is 301 g/mol. The second-order valence-corrected chi connectivity index (χ2v) is 5.78. The zero-order valence-corrected chi connectivity index (χ0v) is 12.4. The molecule has 1 saturated heterocycles. The molecule has 1 aromatic heterocycles. The number of halogens is 2. The first-order valence-electron chi connectivity index (χ1n) is 7.17. The summed E-state index contributed by atoms with van der Waals surface area (Å²) in [6.45, 7) is 1.80. The number of rotatable bonds is 5. The Morgan fingerprint density at radius 3 is 2.81 bits per heavy atom. The highest BCUT2D eigenvalue weighted by atomic mass is 19.3. The third-order valence-electron chi connectivity index (χ3n) is 4.17. The molecule has 7 heteroatoms. The number of likely N-dealkylation sites (tertiary alicyclic amines) is 1. The van der Waals surface area contributed by atoms with E-state index in [1.165, 1.54) is 13.0 Å². The van der Waals surface area contributed by atoms with E-state index in [0.717, 1.165) is 19.3 Å². The summed E-state index contributed by atoms with van der Waals surface area (Å²) in [5.74, 6) is -0.344. The fraction of sp³-hybridized carbons (Fsp3) is 0.714. The van der Waals surface area contributed by atoms with E-state index in [1.807, 2.05) is 6.92 Å². The molecule has 1 aromatic rings. The van der Waals surface area contributed by atoms with E-state index in [1.54, 1.807) is 4.90 Å². The molecule has 0 saturated carbocycles. The predicted molar refractivity (Wildman–Crippen MR) is 73.2 cm³/mol. The Balaban J connectivity index is 2.13. The quantitative estimate of drug-likeness (QED) is 0.907. The van der Waals surface area contributed by atoms with Gasteiger partial charge in [0.05, 0.1) is 6.61 Å². The van der Waals surface area contributed by atoms with Crippen LogP contribution in [0.5, 0.6) is 0 Å². The maximum absolute atomic E-state index is 12.7. The first-order chi connectivity index (χ1) is 9.92. The fourth-order valence-corrected chi connectivity index (χ4v) is 3.00. The maximum atomic E-state index is 12.7. The van der Waals surface area contributed by atoms with Crippen LogP contribution in [0.25, 0.3) is 0 Å². The standard InChI is InChI=1S/C14H21F2N3O2/c1-3-4-14(9-20)5-6-18(8-14)12(21)11-7-10(2)19(17-11)13(15)16/h7,13,20H,3-6,8-9H2,1-2H3. The largest absolute Gasteiger partial charge is 0.396 e. The van der Waals surface area contributed by atoms with Crippen LogP contribution in [0.2, 0.25) is 0 Å². The number of alkyl halides is 2. The average Bonchev–Trinajstić information content (AvgIpc) is 3.03. The summed E-state index contributed by atoms with van der Waals surface area (Å²) in [6, 6.07) is 1.38. The average molecular weight is 301 g/mol. The number of aromatic nitrogens is 2. The van der Waals surface area contributed by atoms with Crippen LogP contribution in [0.3, 0.4) is 0 Å². The molecule has 21 heavy (non-hydrogen) atoms. The lowest BCUT2D eigenvalue weighted by molar-refractivity contribution is 0.0530. The molecule has 1 atom stereocenters. The minimum Gasteiger partial charge on any atom is -0.396 e. The molecule has 1 amide bonds. The predicted octanol–water partition coefficient (Wildman–Crippen LogP) is 2.21. The summed E-state index contributed by atoms with van der Waals surface area (Å²) in [7, 11) is 0. The minimum absolute atomic E-state index is 0.0368. The summed E-state index contributed by atoms with van der Waals surface area (Å²) >= 11 is 0. The van der Waals surface area contributed by atoms with Crippen molar-refractivity contribution in [3.05, 3.63) is 17.5 Å². The second kappa shape index (κ2) is 6.09. The molecule has 118 valence electrons. The number of hydrogen-bond donors (Lipinski definition) is 1. The van der Waals surface area contributed by atoms with E-state index in [9.17, 15) is 18.7 Å². The van der Waals surface area contributed by atoms with Gasteiger partial charge in [-0.05, 0) is 25.8 Å². The van der Waals surface area contributed by atoms with Gasteiger partial charge in [0.25, 0.3) is 5.91 Å². The van der Waals surface area contributed by atoms with Crippen LogP contribution in [0.15, 0.2) is 6.07 Å². The van der Waals surface area contributed by atoms with Crippen LogP contribution in [-0.2, 0) is 0 Å². The molecule has 0 aliphatic carbocycles. The Morgan fingerprint density at radius 1 is 1.57 bits per heavy atom. The smallest absolute Gasteiger partial charge is 0.333 e. The van der Waals surface area contributed by atoms with Gasteiger partial charge in [-0.3, -0.25) is 4.79 Å². The highest BCUT2D eigenvalue weighted by Gasteiger charge is 2.39. The van der Waals surface area contributed by atoms with Crippen LogP contribution < -0.4 is 0 Å². The van der Waals surface area contributed by atoms with Gasteiger partial charge in [-0.25, -0.2) is 4.68 Å². The number of aliphatic hydroxyl groups excluding tert-OH is 1. The Hall–Kier alpha value is -1.50. The number of hydrogen-bond acceptors (Lipinski definition) is 3. The summed E-state index contributed by atoms with van der Waals surface area (Å²) in [4.78, 5) is 14.0. The molecule has 1 N–H and O–H groups in total. The van der Waals surface area contributed by atoms with E-state index < -0.39 is 6.55 Å². The van der Waals surface area contributed by atoms with Gasteiger partial charge >= 0.3 is 6.55 Å². The molecule has 2 rings (SSSR count). The van der Waals surface area contributed by atoms with Gasteiger partial charge < -0.3 is 10.0 Å². The minimum atomic E-state index is -2.75. The van der Waals surface area contributed by atoms with Crippen LogP contribution in [0.1, 0.15) is 48.9 Å². The number of carbonyl (C=O) groups is 1. The van der Waals surface area contributed by atoms with E-state index in [2.05, 4.69) is 5.10 Å². The van der Waals surface area contributed by atoms with Crippen molar-refractivity contribution in [2.24, 2.45) is 5.41 Å². The van der Waals surface area contributed by atoms with Gasteiger partial charge in [-0.2, -0.15) is 13.9 Å². The van der Waals surface area contributed by atoms with E-state index >= 15 is 0 Å². The molecule has 0 bridgehead atoms. The van der Waals surface area contributed by atoms with Crippen molar-refractivity contribution in [1.82, 2.24) is 14.7 Å². The van der Waals surface area contributed by atoms with Gasteiger partial charge in [0.15, 0.2) is 5.69 Å². The molecule has 0 aromatic carbocycles. The zero-order valence-electron chi connectivity index (χ0n) is 12.4. The van der Waals surface area contributed by atoms with Crippen LogP contribution in [0.4, 0.5) is 8.78 Å². The topological polar surface area (TPSA) is 58.4 Å². The van der Waals surface area contributed by atoms with E-state index in [-0.39, 0.29) is 29.3 Å². The first-order valence-corrected chi connectivity index (χ1v) is 7.17. The van der Waals surface area contributed by atoms with Gasteiger partial charge in [0.2, 0.25) is 0 Å². The van der Waals surface area contributed by atoms with Crippen molar-refractivity contribution in [3.8, 4) is 0 Å². The molecule has 1 aliphatic heterocycles.